The van der Waals surface area contributed by atoms with Gasteiger partial charge in [-0.3, -0.25) is 9.69 Å². The number of carbonyl (C=O) groups is 1. The molecule has 104 valence electrons. The van der Waals surface area contributed by atoms with E-state index in [4.69, 9.17) is 0 Å². The molecule has 2 unspecified atom stereocenters. The Bertz CT molecular complexity index is 278. The smallest absolute Gasteiger partial charge is 0.237 e. The maximum atomic E-state index is 12.0. The molecule has 1 saturated carbocycles. The highest BCUT2D eigenvalue weighted by atomic mass is 16.2. The van der Waals surface area contributed by atoms with Gasteiger partial charge in [0.1, 0.15) is 0 Å². The van der Waals surface area contributed by atoms with Crippen LogP contribution in [0.1, 0.15) is 39.5 Å². The lowest BCUT2D eigenvalue weighted by atomic mass is 9.94. The second-order valence-corrected chi connectivity index (χ2v) is 5.79. The number of piperidine rings is 1. The third-order valence-corrected chi connectivity index (χ3v) is 4.15. The van der Waals surface area contributed by atoms with Crippen molar-refractivity contribution in [1.29, 1.82) is 0 Å². The Hall–Kier alpha value is -0.610. The molecule has 2 rings (SSSR count). The van der Waals surface area contributed by atoms with Gasteiger partial charge in [-0.15, -0.1) is 0 Å². The number of likely N-dealkylation sites (N-methyl/N-ethyl adjacent to an activating group) is 1. The molecule has 0 radical (unpaired) electrons. The third-order valence-electron chi connectivity index (χ3n) is 4.15. The summed E-state index contributed by atoms with van der Waals surface area (Å²) in [5, 5.41) is 6.39. The first-order valence-electron chi connectivity index (χ1n) is 7.45. The maximum absolute atomic E-state index is 12.0. The summed E-state index contributed by atoms with van der Waals surface area (Å²) >= 11 is 0. The summed E-state index contributed by atoms with van der Waals surface area (Å²) in [6, 6.07) is 0.824. The molecule has 0 bridgehead atoms. The Morgan fingerprint density at radius 3 is 2.78 bits per heavy atom. The number of amides is 1. The van der Waals surface area contributed by atoms with E-state index in [2.05, 4.69) is 29.4 Å². The van der Waals surface area contributed by atoms with Crippen molar-refractivity contribution < 1.29 is 4.79 Å². The highest BCUT2D eigenvalue weighted by molar-refractivity contribution is 5.81. The molecular formula is C14H27N3O. The molecule has 2 fully saturated rings. The maximum Gasteiger partial charge on any atom is 0.237 e. The van der Waals surface area contributed by atoms with Gasteiger partial charge in [-0.2, -0.15) is 0 Å². The summed E-state index contributed by atoms with van der Waals surface area (Å²) in [6.45, 7) is 8.28. The van der Waals surface area contributed by atoms with Gasteiger partial charge in [0.05, 0.1) is 6.04 Å². The summed E-state index contributed by atoms with van der Waals surface area (Å²) in [4.78, 5) is 14.5. The van der Waals surface area contributed by atoms with E-state index in [0.717, 1.165) is 38.6 Å². The fourth-order valence-electron chi connectivity index (χ4n) is 2.79. The van der Waals surface area contributed by atoms with Crippen LogP contribution in [0.3, 0.4) is 0 Å². The van der Waals surface area contributed by atoms with Crippen LogP contribution in [0, 0.1) is 5.92 Å². The first kappa shape index (κ1) is 13.8. The van der Waals surface area contributed by atoms with E-state index >= 15 is 0 Å². The van der Waals surface area contributed by atoms with Crippen molar-refractivity contribution in [2.24, 2.45) is 5.92 Å². The summed E-state index contributed by atoms with van der Waals surface area (Å²) < 4.78 is 0. The topological polar surface area (TPSA) is 44.4 Å². The van der Waals surface area contributed by atoms with Crippen molar-refractivity contribution in [2.45, 2.75) is 51.6 Å². The molecule has 1 saturated heterocycles. The Morgan fingerprint density at radius 1 is 1.39 bits per heavy atom. The van der Waals surface area contributed by atoms with Gasteiger partial charge < -0.3 is 10.6 Å². The lowest BCUT2D eigenvalue weighted by molar-refractivity contribution is -0.124. The van der Waals surface area contributed by atoms with Crippen molar-refractivity contribution in [3.8, 4) is 0 Å². The molecule has 1 heterocycles. The van der Waals surface area contributed by atoms with Gasteiger partial charge >= 0.3 is 0 Å². The minimum absolute atomic E-state index is 0.0322. The number of hydrogen-bond donors (Lipinski definition) is 2. The second kappa shape index (κ2) is 6.53. The quantitative estimate of drug-likeness (QED) is 0.741. The third kappa shape index (κ3) is 3.95. The monoisotopic (exact) mass is 253 g/mol. The van der Waals surface area contributed by atoms with E-state index in [1.807, 2.05) is 0 Å². The largest absolute Gasteiger partial charge is 0.353 e. The van der Waals surface area contributed by atoms with Crippen LogP contribution in [0.4, 0.5) is 0 Å². The SMILES string of the molecule is CCN(CCNC(=O)C1CC(C)CCN1)C1CC1. The Balaban J connectivity index is 1.64. The van der Waals surface area contributed by atoms with Crippen LogP contribution >= 0.6 is 0 Å². The highest BCUT2D eigenvalue weighted by Crippen LogP contribution is 2.25. The van der Waals surface area contributed by atoms with Crippen LogP contribution in [0.5, 0.6) is 0 Å². The van der Waals surface area contributed by atoms with Gasteiger partial charge in [-0.25, -0.2) is 0 Å². The number of hydrogen-bond acceptors (Lipinski definition) is 3. The molecule has 0 aromatic heterocycles. The molecule has 4 heteroatoms. The van der Waals surface area contributed by atoms with Gasteiger partial charge in [0, 0.05) is 19.1 Å². The molecule has 4 nitrogen and oxygen atoms in total. The van der Waals surface area contributed by atoms with Crippen LogP contribution in [-0.2, 0) is 4.79 Å². The molecule has 0 spiro atoms. The molecule has 2 atom stereocenters. The molecule has 2 aliphatic rings. The van der Waals surface area contributed by atoms with Crippen molar-refractivity contribution in [1.82, 2.24) is 15.5 Å². The molecule has 1 amide bonds. The van der Waals surface area contributed by atoms with Gasteiger partial charge in [0.2, 0.25) is 5.91 Å². The zero-order valence-electron chi connectivity index (χ0n) is 11.7. The summed E-state index contributed by atoms with van der Waals surface area (Å²) in [5.41, 5.74) is 0. The van der Waals surface area contributed by atoms with Crippen molar-refractivity contribution >= 4 is 5.91 Å². The second-order valence-electron chi connectivity index (χ2n) is 5.79. The van der Waals surface area contributed by atoms with Crippen molar-refractivity contribution in [3.05, 3.63) is 0 Å². The summed E-state index contributed by atoms with van der Waals surface area (Å²) in [6.07, 6.45) is 4.84. The molecule has 1 aliphatic carbocycles. The Kier molecular flexibility index (Phi) is 5.01. The van der Waals surface area contributed by atoms with Crippen molar-refractivity contribution in [3.63, 3.8) is 0 Å². The minimum Gasteiger partial charge on any atom is -0.353 e. The first-order valence-corrected chi connectivity index (χ1v) is 7.45. The molecule has 1 aliphatic heterocycles. The van der Waals surface area contributed by atoms with Gasteiger partial charge in [-0.1, -0.05) is 13.8 Å². The van der Waals surface area contributed by atoms with Crippen LogP contribution in [0.15, 0.2) is 0 Å². The molecule has 18 heavy (non-hydrogen) atoms. The highest BCUT2D eigenvalue weighted by Gasteiger charge is 2.28. The number of nitrogens with zero attached hydrogens (tertiary/aromatic N) is 1. The number of carbonyl (C=O) groups excluding carboxylic acids is 1. The van der Waals surface area contributed by atoms with Crippen LogP contribution < -0.4 is 10.6 Å². The van der Waals surface area contributed by atoms with Gasteiger partial charge in [0.25, 0.3) is 0 Å². The van der Waals surface area contributed by atoms with E-state index in [1.165, 1.54) is 19.3 Å². The van der Waals surface area contributed by atoms with E-state index in [1.54, 1.807) is 0 Å². The molecular weight excluding hydrogens is 226 g/mol. The van der Waals surface area contributed by atoms with E-state index < -0.39 is 0 Å². The van der Waals surface area contributed by atoms with E-state index in [0.29, 0.717) is 5.92 Å². The summed E-state index contributed by atoms with van der Waals surface area (Å²) in [5.74, 6) is 0.856. The average Bonchev–Trinajstić information content (AvgIpc) is 3.18. The molecule has 0 aromatic rings. The van der Waals surface area contributed by atoms with E-state index in [-0.39, 0.29) is 11.9 Å². The minimum atomic E-state index is 0.0322. The predicted octanol–water partition coefficient (Wildman–Crippen LogP) is 0.975. The van der Waals surface area contributed by atoms with Gasteiger partial charge in [0.15, 0.2) is 0 Å². The van der Waals surface area contributed by atoms with Crippen LogP contribution in [-0.4, -0.2) is 49.1 Å². The summed E-state index contributed by atoms with van der Waals surface area (Å²) in [7, 11) is 0. The molecule has 0 aromatic carbocycles. The van der Waals surface area contributed by atoms with Gasteiger partial charge in [-0.05, 0) is 44.7 Å². The normalized spacial score (nSPS) is 28.4. The average molecular weight is 253 g/mol. The zero-order chi connectivity index (χ0) is 13.0. The molecule has 2 N–H and O–H groups in total. The Morgan fingerprint density at radius 2 is 2.17 bits per heavy atom. The lowest BCUT2D eigenvalue weighted by Gasteiger charge is -2.27. The van der Waals surface area contributed by atoms with Crippen LogP contribution in [0.2, 0.25) is 0 Å². The Labute approximate surface area is 110 Å². The number of rotatable bonds is 6. The zero-order valence-corrected chi connectivity index (χ0v) is 11.7. The fraction of sp³-hybridized carbons (Fsp3) is 0.929. The lowest BCUT2D eigenvalue weighted by Crippen LogP contribution is -2.49. The van der Waals surface area contributed by atoms with Crippen LogP contribution in [0.25, 0.3) is 0 Å². The van der Waals surface area contributed by atoms with E-state index in [9.17, 15) is 4.79 Å². The fourth-order valence-corrected chi connectivity index (χ4v) is 2.79. The standard InChI is InChI=1S/C14H27N3O/c1-3-17(12-4-5-12)9-8-16-14(18)13-10-11(2)6-7-15-13/h11-13,15H,3-10H2,1-2H3,(H,16,18). The predicted molar refractivity (Wildman–Crippen MR) is 73.5 cm³/mol. The first-order chi connectivity index (χ1) is 8.70. The van der Waals surface area contributed by atoms with Crippen molar-refractivity contribution in [2.75, 3.05) is 26.2 Å². The number of nitrogens with one attached hydrogen (secondary N) is 2.